The van der Waals surface area contributed by atoms with Crippen LogP contribution in [0.25, 0.3) is 0 Å². The highest BCUT2D eigenvalue weighted by molar-refractivity contribution is 9.10. The van der Waals surface area contributed by atoms with Gasteiger partial charge in [0.05, 0.1) is 17.7 Å². The fourth-order valence-electron chi connectivity index (χ4n) is 1.66. The predicted octanol–water partition coefficient (Wildman–Crippen LogP) is 1.74. The Balaban J connectivity index is 2.53. The Kier molecular flexibility index (Phi) is 3.84. The summed E-state index contributed by atoms with van der Waals surface area (Å²) in [5.74, 6) is -1.60. The number of Topliss-reactive ketones (excluding diaryl/α,β-unsaturated/α-hetero) is 1. The van der Waals surface area contributed by atoms with Crippen LogP contribution < -0.4 is 9.47 Å². The van der Waals surface area contributed by atoms with Gasteiger partial charge in [0.15, 0.2) is 17.8 Å². The van der Waals surface area contributed by atoms with Crippen LogP contribution in [0.3, 0.4) is 0 Å². The molecule has 19 heavy (non-hydrogen) atoms. The molecule has 1 aromatic carbocycles. The number of esters is 1. The molecule has 0 aliphatic carbocycles. The summed E-state index contributed by atoms with van der Waals surface area (Å²) in [6, 6.07) is 1.40. The van der Waals surface area contributed by atoms with Gasteiger partial charge in [0, 0.05) is 4.47 Å². The van der Waals surface area contributed by atoms with E-state index in [-0.39, 0.29) is 40.5 Å². The van der Waals surface area contributed by atoms with Gasteiger partial charge in [0.1, 0.15) is 0 Å². The fourth-order valence-corrected chi connectivity index (χ4v) is 2.27. The van der Waals surface area contributed by atoms with Gasteiger partial charge in [-0.05, 0) is 28.9 Å². The van der Waals surface area contributed by atoms with Crippen molar-refractivity contribution in [3.63, 3.8) is 0 Å². The molecule has 1 aliphatic heterocycles. The minimum atomic E-state index is -0.986. The van der Waals surface area contributed by atoms with Crippen LogP contribution in [0, 0.1) is 0 Å². The monoisotopic (exact) mass is 328 g/mol. The Morgan fingerprint density at radius 3 is 2.74 bits per heavy atom. The van der Waals surface area contributed by atoms with E-state index in [0.29, 0.717) is 6.29 Å². The third-order valence-corrected chi connectivity index (χ3v) is 3.06. The molecule has 0 amide bonds. The molecule has 2 rings (SSSR count). The van der Waals surface area contributed by atoms with Gasteiger partial charge in [-0.2, -0.15) is 0 Å². The van der Waals surface area contributed by atoms with Crippen LogP contribution >= 0.6 is 15.9 Å². The molecule has 0 atom stereocenters. The Bertz CT molecular complexity index is 566. The first kappa shape index (κ1) is 13.5. The van der Waals surface area contributed by atoms with E-state index >= 15 is 0 Å². The van der Waals surface area contributed by atoms with Crippen molar-refractivity contribution < 1.29 is 28.6 Å². The standard InChI is InChI=1S/C12H9BrO6/c1-2-17-12(16)9(15)8-7(13)3-6(4-14)10-11(8)19-5-18-10/h3-4H,2,5H2,1H3. The maximum atomic E-state index is 12.0. The minimum Gasteiger partial charge on any atom is -0.460 e. The van der Waals surface area contributed by atoms with Gasteiger partial charge in [-0.25, -0.2) is 4.79 Å². The Hall–Kier alpha value is -1.89. The Labute approximate surface area is 116 Å². The van der Waals surface area contributed by atoms with Crippen molar-refractivity contribution >= 4 is 34.0 Å². The van der Waals surface area contributed by atoms with Crippen LogP contribution in [-0.2, 0) is 9.53 Å². The summed E-state index contributed by atoms with van der Waals surface area (Å²) in [5, 5.41) is 0. The summed E-state index contributed by atoms with van der Waals surface area (Å²) in [5.41, 5.74) is 0.233. The molecule has 0 N–H and O–H groups in total. The van der Waals surface area contributed by atoms with Crippen molar-refractivity contribution in [3.8, 4) is 11.5 Å². The Morgan fingerprint density at radius 2 is 2.11 bits per heavy atom. The molecule has 1 aromatic rings. The van der Waals surface area contributed by atoms with Crippen LogP contribution in [0.4, 0.5) is 0 Å². The van der Waals surface area contributed by atoms with Crippen LogP contribution in [0.15, 0.2) is 10.5 Å². The summed E-state index contributed by atoms with van der Waals surface area (Å²) < 4.78 is 15.2. The highest BCUT2D eigenvalue weighted by Crippen LogP contribution is 2.42. The summed E-state index contributed by atoms with van der Waals surface area (Å²) in [6.45, 7) is 1.57. The molecule has 0 saturated carbocycles. The van der Waals surface area contributed by atoms with Gasteiger partial charge in [-0.3, -0.25) is 9.59 Å². The van der Waals surface area contributed by atoms with Gasteiger partial charge in [-0.1, -0.05) is 0 Å². The lowest BCUT2D eigenvalue weighted by Crippen LogP contribution is -2.18. The van der Waals surface area contributed by atoms with E-state index in [1.807, 2.05) is 0 Å². The Morgan fingerprint density at radius 1 is 1.42 bits per heavy atom. The number of rotatable bonds is 4. The number of ketones is 1. The van der Waals surface area contributed by atoms with Crippen LogP contribution in [-0.4, -0.2) is 31.4 Å². The topological polar surface area (TPSA) is 78.9 Å². The molecule has 1 aliphatic rings. The molecule has 0 unspecified atom stereocenters. The predicted molar refractivity (Wildman–Crippen MR) is 66.6 cm³/mol. The fraction of sp³-hybridized carbons (Fsp3) is 0.250. The summed E-state index contributed by atoms with van der Waals surface area (Å²) in [6.07, 6.45) is 0.580. The van der Waals surface area contributed by atoms with Crippen molar-refractivity contribution in [2.75, 3.05) is 13.4 Å². The van der Waals surface area contributed by atoms with Crippen LogP contribution in [0.1, 0.15) is 27.6 Å². The van der Waals surface area contributed by atoms with Crippen LogP contribution in [0.2, 0.25) is 0 Å². The zero-order valence-electron chi connectivity index (χ0n) is 9.90. The van der Waals surface area contributed by atoms with Crippen molar-refractivity contribution in [2.45, 2.75) is 6.92 Å². The number of hydrogen-bond acceptors (Lipinski definition) is 6. The van der Waals surface area contributed by atoms with E-state index in [0.717, 1.165) is 0 Å². The van der Waals surface area contributed by atoms with Crippen molar-refractivity contribution in [2.24, 2.45) is 0 Å². The molecule has 0 radical (unpaired) electrons. The van der Waals surface area contributed by atoms with Crippen LogP contribution in [0.5, 0.6) is 11.5 Å². The molecule has 1 heterocycles. The highest BCUT2D eigenvalue weighted by atomic mass is 79.9. The lowest BCUT2D eigenvalue weighted by molar-refractivity contribution is -0.137. The van der Waals surface area contributed by atoms with E-state index in [9.17, 15) is 14.4 Å². The van der Waals surface area contributed by atoms with Crippen molar-refractivity contribution in [1.29, 1.82) is 0 Å². The number of carbonyl (C=O) groups is 3. The van der Waals surface area contributed by atoms with E-state index in [2.05, 4.69) is 20.7 Å². The van der Waals surface area contributed by atoms with Gasteiger partial charge in [-0.15, -0.1) is 0 Å². The summed E-state index contributed by atoms with van der Waals surface area (Å²) in [7, 11) is 0. The largest absolute Gasteiger partial charge is 0.460 e. The number of ether oxygens (including phenoxy) is 3. The second-order valence-corrected chi connectivity index (χ2v) is 4.41. The number of hydrogen-bond donors (Lipinski definition) is 0. The molecule has 0 aromatic heterocycles. The number of aldehydes is 1. The summed E-state index contributed by atoms with van der Waals surface area (Å²) >= 11 is 3.14. The number of fused-ring (bicyclic) bond motifs is 1. The first-order valence-corrected chi connectivity index (χ1v) is 6.18. The van der Waals surface area contributed by atoms with Gasteiger partial charge < -0.3 is 14.2 Å². The second-order valence-electron chi connectivity index (χ2n) is 3.55. The van der Waals surface area contributed by atoms with Crippen molar-refractivity contribution in [3.05, 3.63) is 21.7 Å². The third kappa shape index (κ3) is 2.33. The van der Waals surface area contributed by atoms with Crippen molar-refractivity contribution in [1.82, 2.24) is 0 Å². The number of halogens is 1. The number of carbonyl (C=O) groups excluding carboxylic acids is 3. The molecule has 7 heteroatoms. The highest BCUT2D eigenvalue weighted by Gasteiger charge is 2.31. The lowest BCUT2D eigenvalue weighted by Gasteiger charge is -2.08. The molecular formula is C12H9BrO6. The molecule has 0 fully saturated rings. The third-order valence-electron chi connectivity index (χ3n) is 2.44. The zero-order valence-corrected chi connectivity index (χ0v) is 11.5. The molecule has 100 valence electrons. The summed E-state index contributed by atoms with van der Waals surface area (Å²) in [4.78, 5) is 34.4. The zero-order chi connectivity index (χ0) is 14.0. The molecular weight excluding hydrogens is 320 g/mol. The van der Waals surface area contributed by atoms with Gasteiger partial charge in [0.2, 0.25) is 6.79 Å². The average molecular weight is 329 g/mol. The molecule has 0 saturated heterocycles. The number of benzene rings is 1. The quantitative estimate of drug-likeness (QED) is 0.362. The molecule has 6 nitrogen and oxygen atoms in total. The minimum absolute atomic E-state index is 0.00319. The first-order chi connectivity index (χ1) is 9.10. The van der Waals surface area contributed by atoms with E-state index in [1.165, 1.54) is 6.07 Å². The van der Waals surface area contributed by atoms with Gasteiger partial charge in [0.25, 0.3) is 5.78 Å². The normalized spacial score (nSPS) is 12.1. The SMILES string of the molecule is CCOC(=O)C(=O)c1c(Br)cc(C=O)c2c1OCO2. The molecule has 0 spiro atoms. The average Bonchev–Trinajstić information content (AvgIpc) is 2.86. The maximum absolute atomic E-state index is 12.0. The van der Waals surface area contributed by atoms with Gasteiger partial charge >= 0.3 is 5.97 Å². The second kappa shape index (κ2) is 5.40. The maximum Gasteiger partial charge on any atom is 0.379 e. The first-order valence-electron chi connectivity index (χ1n) is 5.38. The lowest BCUT2D eigenvalue weighted by atomic mass is 10.1. The van der Waals surface area contributed by atoms with E-state index in [4.69, 9.17) is 9.47 Å². The molecule has 0 bridgehead atoms. The van der Waals surface area contributed by atoms with E-state index in [1.54, 1.807) is 6.92 Å². The van der Waals surface area contributed by atoms with E-state index < -0.39 is 11.8 Å². The smallest absolute Gasteiger partial charge is 0.379 e.